The minimum Gasteiger partial charge on any atom is -0.330 e. The van der Waals surface area contributed by atoms with Crippen molar-refractivity contribution in [2.24, 2.45) is 5.73 Å². The third-order valence-corrected chi connectivity index (χ3v) is 1.02. The fourth-order valence-electron chi connectivity index (χ4n) is 0.419. The first-order chi connectivity index (χ1) is 4.92. The Morgan fingerprint density at radius 2 is 1.91 bits per heavy atom. The molecule has 0 unspecified atom stereocenters. The number of alkyl halides is 4. The maximum atomic E-state index is 12.0. The fraction of sp³-hybridized carbons (Fsp3) is 0.800. The van der Waals surface area contributed by atoms with Crippen molar-refractivity contribution in [3.05, 3.63) is 0 Å². The summed E-state index contributed by atoms with van der Waals surface area (Å²) in [6, 6.07) is 0. The molecule has 0 fully saturated rings. The molecule has 0 heterocycles. The van der Waals surface area contributed by atoms with Crippen LogP contribution in [0, 0.1) is 0 Å². The Morgan fingerprint density at radius 1 is 1.45 bits per heavy atom. The third kappa shape index (κ3) is 2.45. The van der Waals surface area contributed by atoms with E-state index in [1.54, 1.807) is 0 Å². The van der Waals surface area contributed by atoms with Crippen LogP contribution in [0.3, 0.4) is 0 Å². The summed E-state index contributed by atoms with van der Waals surface area (Å²) in [6.07, 6.45) is -4.67. The summed E-state index contributed by atoms with van der Waals surface area (Å²) in [5.74, 6) is -6.35. The van der Waals surface area contributed by atoms with Crippen LogP contribution in [0.2, 0.25) is 0 Å². The molecular weight excluding hydrogens is 166 g/mol. The quantitative estimate of drug-likeness (QED) is 0.639. The van der Waals surface area contributed by atoms with Gasteiger partial charge in [-0.25, -0.2) is 8.78 Å². The zero-order valence-corrected chi connectivity index (χ0v) is 5.49. The molecule has 0 aromatic rings. The molecule has 66 valence electrons. The number of Topliss-reactive ketones (excluding diaryl/α,β-unsaturated/α-hetero) is 1. The molecule has 0 aliphatic heterocycles. The molecule has 0 rings (SSSR count). The van der Waals surface area contributed by atoms with E-state index in [1.165, 1.54) is 0 Å². The van der Waals surface area contributed by atoms with Gasteiger partial charge in [0.05, 0.1) is 0 Å². The van der Waals surface area contributed by atoms with Crippen molar-refractivity contribution in [1.29, 1.82) is 0 Å². The normalized spacial score (nSPS) is 12.2. The van der Waals surface area contributed by atoms with Gasteiger partial charge in [-0.2, -0.15) is 8.78 Å². The highest BCUT2D eigenvalue weighted by atomic mass is 19.3. The van der Waals surface area contributed by atoms with Crippen LogP contribution in [0.15, 0.2) is 0 Å². The van der Waals surface area contributed by atoms with Crippen molar-refractivity contribution in [2.75, 3.05) is 6.54 Å². The highest BCUT2D eigenvalue weighted by molar-refractivity contribution is 5.86. The molecule has 0 radical (unpaired) electrons. The first-order valence-electron chi connectivity index (χ1n) is 2.82. The SMILES string of the molecule is NCCC(=O)C(F)(F)C(F)F. The second kappa shape index (κ2) is 3.66. The van der Waals surface area contributed by atoms with Gasteiger partial charge in [0, 0.05) is 6.42 Å². The molecule has 0 bridgehead atoms. The maximum absolute atomic E-state index is 12.0. The van der Waals surface area contributed by atoms with Gasteiger partial charge in [-0.05, 0) is 6.54 Å². The van der Waals surface area contributed by atoms with Gasteiger partial charge in [-0.3, -0.25) is 4.79 Å². The van der Waals surface area contributed by atoms with Crippen molar-refractivity contribution < 1.29 is 22.4 Å². The van der Waals surface area contributed by atoms with Gasteiger partial charge in [0.25, 0.3) is 0 Å². The number of halogens is 4. The maximum Gasteiger partial charge on any atom is 0.364 e. The van der Waals surface area contributed by atoms with Crippen LogP contribution in [0.4, 0.5) is 17.6 Å². The molecule has 0 aromatic heterocycles. The van der Waals surface area contributed by atoms with Gasteiger partial charge in [0.1, 0.15) is 0 Å². The summed E-state index contributed by atoms with van der Waals surface area (Å²) in [6.45, 7) is -0.346. The number of hydrogen-bond donors (Lipinski definition) is 1. The van der Waals surface area contributed by atoms with E-state index in [4.69, 9.17) is 5.73 Å². The van der Waals surface area contributed by atoms with Crippen molar-refractivity contribution >= 4 is 5.78 Å². The summed E-state index contributed by atoms with van der Waals surface area (Å²) in [5.41, 5.74) is 4.73. The summed E-state index contributed by atoms with van der Waals surface area (Å²) in [5, 5.41) is 0. The Balaban J connectivity index is 4.18. The number of carbonyl (C=O) groups excluding carboxylic acids is 1. The number of hydrogen-bond acceptors (Lipinski definition) is 2. The van der Waals surface area contributed by atoms with E-state index in [0.717, 1.165) is 0 Å². The van der Waals surface area contributed by atoms with Gasteiger partial charge < -0.3 is 5.73 Å². The van der Waals surface area contributed by atoms with Crippen LogP contribution in [-0.2, 0) is 4.79 Å². The second-order valence-corrected chi connectivity index (χ2v) is 1.89. The largest absolute Gasteiger partial charge is 0.364 e. The van der Waals surface area contributed by atoms with Crippen LogP contribution < -0.4 is 5.73 Å². The summed E-state index contributed by atoms with van der Waals surface area (Å²) in [7, 11) is 0. The monoisotopic (exact) mass is 173 g/mol. The third-order valence-electron chi connectivity index (χ3n) is 1.02. The lowest BCUT2D eigenvalue weighted by Crippen LogP contribution is -2.37. The molecule has 0 amide bonds. The Kier molecular flexibility index (Phi) is 3.44. The van der Waals surface area contributed by atoms with Crippen LogP contribution in [0.1, 0.15) is 6.42 Å². The van der Waals surface area contributed by atoms with E-state index in [0.29, 0.717) is 0 Å². The highest BCUT2D eigenvalue weighted by Crippen LogP contribution is 2.24. The number of rotatable bonds is 4. The zero-order chi connectivity index (χ0) is 9.07. The molecule has 6 heteroatoms. The van der Waals surface area contributed by atoms with E-state index in [9.17, 15) is 22.4 Å². The summed E-state index contributed by atoms with van der Waals surface area (Å²) >= 11 is 0. The van der Waals surface area contributed by atoms with E-state index in [1.807, 2.05) is 0 Å². The average molecular weight is 173 g/mol. The van der Waals surface area contributed by atoms with Gasteiger partial charge in [0.2, 0.25) is 5.78 Å². The molecule has 0 aliphatic rings. The Hall–Kier alpha value is -0.650. The minimum atomic E-state index is -4.54. The predicted octanol–water partition coefficient (Wildman–Crippen LogP) is 0.805. The molecule has 2 N–H and O–H groups in total. The van der Waals surface area contributed by atoms with Gasteiger partial charge >= 0.3 is 12.3 Å². The first kappa shape index (κ1) is 10.3. The Morgan fingerprint density at radius 3 is 2.18 bits per heavy atom. The average Bonchev–Trinajstić information content (AvgIpc) is 1.88. The molecular formula is C5H7F4NO. The van der Waals surface area contributed by atoms with E-state index in [-0.39, 0.29) is 6.54 Å². The standard InChI is InChI=1S/C5H7F4NO/c6-4(7)5(8,9)3(11)1-2-10/h4H,1-2,10H2. The van der Waals surface area contributed by atoms with Crippen LogP contribution >= 0.6 is 0 Å². The second-order valence-electron chi connectivity index (χ2n) is 1.89. The highest BCUT2D eigenvalue weighted by Gasteiger charge is 2.47. The molecule has 0 saturated carbocycles. The van der Waals surface area contributed by atoms with Crippen molar-refractivity contribution in [3.8, 4) is 0 Å². The molecule has 2 nitrogen and oxygen atoms in total. The van der Waals surface area contributed by atoms with E-state index >= 15 is 0 Å². The Bertz CT molecular complexity index is 147. The first-order valence-corrected chi connectivity index (χ1v) is 2.82. The lowest BCUT2D eigenvalue weighted by molar-refractivity contribution is -0.166. The molecule has 0 atom stereocenters. The smallest absolute Gasteiger partial charge is 0.330 e. The number of ketones is 1. The summed E-state index contributed by atoms with van der Waals surface area (Å²) in [4.78, 5) is 10.2. The fourth-order valence-corrected chi connectivity index (χ4v) is 0.419. The summed E-state index contributed by atoms with van der Waals surface area (Å²) < 4.78 is 46.7. The van der Waals surface area contributed by atoms with Crippen LogP contribution in [0.25, 0.3) is 0 Å². The van der Waals surface area contributed by atoms with E-state index < -0.39 is 24.6 Å². The molecule has 0 aliphatic carbocycles. The van der Waals surface area contributed by atoms with Crippen molar-refractivity contribution in [1.82, 2.24) is 0 Å². The molecule has 0 aromatic carbocycles. The van der Waals surface area contributed by atoms with Crippen LogP contribution in [0.5, 0.6) is 0 Å². The topological polar surface area (TPSA) is 43.1 Å². The van der Waals surface area contributed by atoms with Gasteiger partial charge in [-0.1, -0.05) is 0 Å². The molecule has 0 saturated heterocycles. The number of carbonyl (C=O) groups is 1. The van der Waals surface area contributed by atoms with Crippen molar-refractivity contribution in [3.63, 3.8) is 0 Å². The Labute approximate surface area is 60.4 Å². The molecule has 11 heavy (non-hydrogen) atoms. The predicted molar refractivity (Wildman–Crippen MR) is 29.6 cm³/mol. The minimum absolute atomic E-state index is 0.346. The lowest BCUT2D eigenvalue weighted by Gasteiger charge is -2.12. The van der Waals surface area contributed by atoms with Gasteiger partial charge in [-0.15, -0.1) is 0 Å². The van der Waals surface area contributed by atoms with Crippen LogP contribution in [-0.4, -0.2) is 24.7 Å². The number of nitrogens with two attached hydrogens (primary N) is 1. The molecule has 0 spiro atoms. The zero-order valence-electron chi connectivity index (χ0n) is 5.49. The van der Waals surface area contributed by atoms with Gasteiger partial charge in [0.15, 0.2) is 0 Å². The van der Waals surface area contributed by atoms with E-state index in [2.05, 4.69) is 0 Å². The van der Waals surface area contributed by atoms with Crippen molar-refractivity contribution in [2.45, 2.75) is 18.8 Å². The lowest BCUT2D eigenvalue weighted by atomic mass is 10.1.